The maximum atomic E-state index is 14.4. The molecule has 4 atom stereocenters. The Balaban J connectivity index is 1.72. The van der Waals surface area contributed by atoms with Gasteiger partial charge in [0.15, 0.2) is 12.0 Å². The predicted octanol–water partition coefficient (Wildman–Crippen LogP) is 1.76. The molecular formula is C15H14FN3O3S2. The largest absolute Gasteiger partial charge is 0.395 e. The van der Waals surface area contributed by atoms with Gasteiger partial charge in [0.05, 0.1) is 22.4 Å². The van der Waals surface area contributed by atoms with Gasteiger partial charge in [0.1, 0.15) is 11.5 Å². The van der Waals surface area contributed by atoms with E-state index in [1.807, 2.05) is 24.3 Å². The number of aliphatic hydroxyl groups excluding tert-OH is 2. The lowest BCUT2D eigenvalue weighted by atomic mass is 10.1. The van der Waals surface area contributed by atoms with E-state index in [9.17, 15) is 19.4 Å². The lowest BCUT2D eigenvalue weighted by Gasteiger charge is -2.22. The minimum Gasteiger partial charge on any atom is -0.395 e. The highest BCUT2D eigenvalue weighted by Crippen LogP contribution is 2.45. The Hall–Kier alpha value is -1.55. The van der Waals surface area contributed by atoms with E-state index in [4.69, 9.17) is 0 Å². The second-order valence-corrected chi connectivity index (χ2v) is 7.99. The third-order valence-corrected chi connectivity index (χ3v) is 6.66. The molecule has 0 radical (unpaired) electrons. The number of halogens is 1. The first-order valence-electron chi connectivity index (χ1n) is 7.34. The van der Waals surface area contributed by atoms with Crippen molar-refractivity contribution in [2.75, 3.05) is 11.9 Å². The molecular weight excluding hydrogens is 353 g/mol. The topological polar surface area (TPSA) is 87.4 Å². The number of thioether (sulfide) groups is 1. The van der Waals surface area contributed by atoms with Gasteiger partial charge in [-0.2, -0.15) is 4.98 Å². The van der Waals surface area contributed by atoms with Gasteiger partial charge in [-0.3, -0.25) is 4.57 Å². The van der Waals surface area contributed by atoms with Crippen LogP contribution in [-0.2, 0) is 0 Å². The van der Waals surface area contributed by atoms with Crippen LogP contribution in [0, 0.1) is 0 Å². The molecule has 9 heteroatoms. The fraction of sp³-hybridized carbons (Fsp3) is 0.333. The SMILES string of the molecule is O=c1nc2c(cn1[C@@H]1S[C@H](CO)C(O)C1F)Sc1ccccc1N2. The summed E-state index contributed by atoms with van der Waals surface area (Å²) in [7, 11) is 0. The Labute approximate surface area is 145 Å². The lowest BCUT2D eigenvalue weighted by Crippen LogP contribution is -2.33. The van der Waals surface area contributed by atoms with Crippen LogP contribution in [0.3, 0.4) is 0 Å². The summed E-state index contributed by atoms with van der Waals surface area (Å²) in [4.78, 5) is 18.0. The number of hydrogen-bond donors (Lipinski definition) is 3. The number of nitrogens with one attached hydrogen (secondary N) is 1. The van der Waals surface area contributed by atoms with Gasteiger partial charge in [0.2, 0.25) is 0 Å². The lowest BCUT2D eigenvalue weighted by molar-refractivity contribution is 0.0630. The minimum atomic E-state index is -1.64. The molecule has 2 unspecified atom stereocenters. The number of rotatable bonds is 2. The Morgan fingerprint density at radius 1 is 1.33 bits per heavy atom. The molecule has 2 aliphatic rings. The minimum absolute atomic E-state index is 0.348. The number of benzene rings is 1. The number of aliphatic hydroxyl groups is 2. The van der Waals surface area contributed by atoms with Gasteiger partial charge < -0.3 is 15.5 Å². The molecule has 0 saturated carbocycles. The first-order chi connectivity index (χ1) is 11.6. The van der Waals surface area contributed by atoms with E-state index in [1.165, 1.54) is 16.3 Å². The van der Waals surface area contributed by atoms with Gasteiger partial charge in [-0.25, -0.2) is 9.18 Å². The molecule has 2 aromatic rings. The molecule has 6 nitrogen and oxygen atoms in total. The number of alkyl halides is 1. The monoisotopic (exact) mass is 367 g/mol. The van der Waals surface area contributed by atoms with Crippen LogP contribution in [0.4, 0.5) is 15.9 Å². The summed E-state index contributed by atoms with van der Waals surface area (Å²) in [6.07, 6.45) is -1.38. The van der Waals surface area contributed by atoms with Gasteiger partial charge in [0.25, 0.3) is 0 Å². The van der Waals surface area contributed by atoms with Crippen molar-refractivity contribution in [1.82, 2.24) is 9.55 Å². The van der Waals surface area contributed by atoms with Crippen molar-refractivity contribution in [3.05, 3.63) is 40.9 Å². The molecule has 1 aromatic heterocycles. The normalized spacial score (nSPS) is 28.1. The summed E-state index contributed by atoms with van der Waals surface area (Å²) in [6.45, 7) is -0.348. The third kappa shape index (κ3) is 2.52. The van der Waals surface area contributed by atoms with Crippen molar-refractivity contribution in [3.63, 3.8) is 0 Å². The predicted molar refractivity (Wildman–Crippen MR) is 90.7 cm³/mol. The highest BCUT2D eigenvalue weighted by Gasteiger charge is 2.45. The first kappa shape index (κ1) is 15.9. The van der Waals surface area contributed by atoms with Crippen LogP contribution < -0.4 is 11.0 Å². The highest BCUT2D eigenvalue weighted by molar-refractivity contribution is 8.00. The molecule has 3 N–H and O–H groups in total. The molecule has 1 aromatic carbocycles. The number of para-hydroxylation sites is 1. The fourth-order valence-electron chi connectivity index (χ4n) is 2.78. The van der Waals surface area contributed by atoms with Crippen LogP contribution in [0.25, 0.3) is 0 Å². The van der Waals surface area contributed by atoms with Crippen molar-refractivity contribution < 1.29 is 14.6 Å². The number of aromatic nitrogens is 2. The summed E-state index contributed by atoms with van der Waals surface area (Å²) in [5.41, 5.74) is 0.279. The zero-order valence-electron chi connectivity index (χ0n) is 12.3. The molecule has 0 bridgehead atoms. The molecule has 0 spiro atoms. The molecule has 3 heterocycles. The Bertz CT molecular complexity index is 847. The van der Waals surface area contributed by atoms with Crippen LogP contribution in [-0.4, -0.2) is 43.9 Å². The van der Waals surface area contributed by atoms with Crippen molar-refractivity contribution in [1.29, 1.82) is 0 Å². The number of nitrogens with zero attached hydrogens (tertiary/aromatic N) is 2. The molecule has 1 fully saturated rings. The van der Waals surface area contributed by atoms with Gasteiger partial charge in [-0.05, 0) is 12.1 Å². The number of hydrogen-bond acceptors (Lipinski definition) is 7. The smallest absolute Gasteiger partial charge is 0.350 e. The average molecular weight is 367 g/mol. The van der Waals surface area contributed by atoms with E-state index >= 15 is 0 Å². The van der Waals surface area contributed by atoms with Crippen LogP contribution in [0.15, 0.2) is 45.0 Å². The molecule has 0 amide bonds. The Morgan fingerprint density at radius 2 is 2.12 bits per heavy atom. The van der Waals surface area contributed by atoms with E-state index in [0.717, 1.165) is 22.3 Å². The maximum Gasteiger partial charge on any atom is 0.350 e. The standard InChI is InChI=1S/C15H14FN3O3S2/c16-11-12(21)10(6-20)24-14(11)19-5-9-13(18-15(19)22)17-7-3-1-2-4-8(7)23-9/h1-5,10-12,14,20-21H,6H2,(H,17,18,22)/t10-,11?,12?,14-/m1/s1. The van der Waals surface area contributed by atoms with E-state index in [0.29, 0.717) is 10.7 Å². The molecule has 126 valence electrons. The number of fused-ring (bicyclic) bond motifs is 2. The van der Waals surface area contributed by atoms with Crippen LogP contribution in [0.5, 0.6) is 0 Å². The summed E-state index contributed by atoms with van der Waals surface area (Å²) in [6, 6.07) is 7.64. The quantitative estimate of drug-likeness (QED) is 0.636. The van der Waals surface area contributed by atoms with Gasteiger partial charge in [-0.1, -0.05) is 23.9 Å². The molecule has 4 rings (SSSR count). The van der Waals surface area contributed by atoms with Crippen LogP contribution >= 0.6 is 23.5 Å². The Morgan fingerprint density at radius 3 is 2.88 bits per heavy atom. The van der Waals surface area contributed by atoms with Crippen molar-refractivity contribution >= 4 is 35.0 Å². The van der Waals surface area contributed by atoms with Gasteiger partial charge in [-0.15, -0.1) is 11.8 Å². The first-order valence-corrected chi connectivity index (χ1v) is 9.10. The highest BCUT2D eigenvalue weighted by atomic mass is 32.2. The summed E-state index contributed by atoms with van der Waals surface area (Å²) in [5.74, 6) is 0.442. The molecule has 2 aliphatic heterocycles. The van der Waals surface area contributed by atoms with Gasteiger partial charge in [0, 0.05) is 11.1 Å². The van der Waals surface area contributed by atoms with Crippen molar-refractivity contribution in [2.45, 2.75) is 32.7 Å². The van der Waals surface area contributed by atoms with Crippen molar-refractivity contribution in [3.8, 4) is 0 Å². The average Bonchev–Trinajstić information content (AvgIpc) is 2.87. The van der Waals surface area contributed by atoms with E-state index in [-0.39, 0.29) is 6.61 Å². The fourth-order valence-corrected chi connectivity index (χ4v) is 5.10. The van der Waals surface area contributed by atoms with Crippen LogP contribution in [0.2, 0.25) is 0 Å². The summed E-state index contributed by atoms with van der Waals surface area (Å²) >= 11 is 2.49. The van der Waals surface area contributed by atoms with Crippen molar-refractivity contribution in [2.24, 2.45) is 0 Å². The zero-order valence-corrected chi connectivity index (χ0v) is 13.9. The van der Waals surface area contributed by atoms with E-state index in [1.54, 1.807) is 6.20 Å². The zero-order chi connectivity index (χ0) is 16.8. The van der Waals surface area contributed by atoms with E-state index in [2.05, 4.69) is 10.3 Å². The second kappa shape index (κ2) is 6.07. The summed E-state index contributed by atoms with van der Waals surface area (Å²) < 4.78 is 15.6. The molecule has 24 heavy (non-hydrogen) atoms. The molecule has 1 saturated heterocycles. The van der Waals surface area contributed by atoms with E-state index < -0.39 is 28.6 Å². The van der Waals surface area contributed by atoms with Gasteiger partial charge >= 0.3 is 5.69 Å². The summed E-state index contributed by atoms with van der Waals surface area (Å²) in [5, 5.41) is 20.6. The second-order valence-electron chi connectivity index (χ2n) is 5.55. The van der Waals surface area contributed by atoms with Crippen LogP contribution in [0.1, 0.15) is 5.37 Å². The number of anilines is 2. The maximum absolute atomic E-state index is 14.4. The Kier molecular flexibility index (Phi) is 4.03. The molecule has 0 aliphatic carbocycles. The third-order valence-electron chi connectivity index (χ3n) is 4.03.